The van der Waals surface area contributed by atoms with Crippen molar-refractivity contribution in [1.29, 1.82) is 0 Å². The maximum atomic E-state index is 10.9. The molecule has 6 nitrogen and oxygen atoms in total. The molecule has 0 aliphatic carbocycles. The van der Waals surface area contributed by atoms with E-state index in [0.29, 0.717) is 5.56 Å². The average Bonchev–Trinajstić information content (AvgIpc) is 2.84. The molecule has 2 N–H and O–H groups in total. The lowest BCUT2D eigenvalue weighted by Crippen LogP contribution is -2.05. The van der Waals surface area contributed by atoms with Gasteiger partial charge in [-0.05, 0) is 24.1 Å². The summed E-state index contributed by atoms with van der Waals surface area (Å²) in [5, 5.41) is 17.7. The fraction of sp³-hybridized carbons (Fsp3) is 0.154. The third-order valence-corrected chi connectivity index (χ3v) is 2.63. The molecular formula is C13H11NO5. The first kappa shape index (κ1) is 12.8. The summed E-state index contributed by atoms with van der Waals surface area (Å²) < 4.78 is 5.01. The smallest absolute Gasteiger partial charge is 0.374 e. The summed E-state index contributed by atoms with van der Waals surface area (Å²) in [6.45, 7) is 2.01. The monoisotopic (exact) mass is 261 g/mol. The molecule has 19 heavy (non-hydrogen) atoms. The molecule has 0 fully saturated rings. The second-order valence-corrected chi connectivity index (χ2v) is 3.86. The van der Waals surface area contributed by atoms with Gasteiger partial charge in [0.2, 0.25) is 17.3 Å². The molecule has 1 aromatic heterocycles. The van der Waals surface area contributed by atoms with Crippen LogP contribution in [0.5, 0.6) is 0 Å². The van der Waals surface area contributed by atoms with Gasteiger partial charge in [0, 0.05) is 5.56 Å². The number of carbonyl (C=O) groups is 2. The number of carboxylic acids is 2. The van der Waals surface area contributed by atoms with Crippen molar-refractivity contribution in [2.24, 2.45) is 0 Å². The average molecular weight is 261 g/mol. The summed E-state index contributed by atoms with van der Waals surface area (Å²) in [4.78, 5) is 25.5. The van der Waals surface area contributed by atoms with Gasteiger partial charge in [0.25, 0.3) is 0 Å². The van der Waals surface area contributed by atoms with Gasteiger partial charge in [-0.15, -0.1) is 0 Å². The zero-order valence-electron chi connectivity index (χ0n) is 10.1. The van der Waals surface area contributed by atoms with Crippen LogP contribution < -0.4 is 0 Å². The number of hydrogen-bond acceptors (Lipinski definition) is 4. The first-order valence-corrected chi connectivity index (χ1v) is 5.59. The Labute approximate surface area is 108 Å². The Hall–Kier alpha value is -2.63. The molecule has 0 spiro atoms. The summed E-state index contributed by atoms with van der Waals surface area (Å²) in [6, 6.07) is 7.12. The van der Waals surface area contributed by atoms with Crippen LogP contribution in [0.15, 0.2) is 28.7 Å². The Morgan fingerprint density at radius 2 is 1.79 bits per heavy atom. The number of aromatic nitrogens is 1. The molecule has 1 heterocycles. The zero-order valence-corrected chi connectivity index (χ0v) is 10.1. The number of aromatic carboxylic acids is 2. The molecule has 0 bridgehead atoms. The predicted molar refractivity (Wildman–Crippen MR) is 65.2 cm³/mol. The Morgan fingerprint density at radius 3 is 2.21 bits per heavy atom. The van der Waals surface area contributed by atoms with Crippen molar-refractivity contribution in [3.05, 3.63) is 41.3 Å². The Kier molecular flexibility index (Phi) is 3.33. The van der Waals surface area contributed by atoms with Crippen molar-refractivity contribution in [2.45, 2.75) is 13.3 Å². The standard InChI is InChI=1S/C13H11NO5/c1-2-7-3-5-8(6-4-7)11-14-9(12(15)16)10(19-11)13(17)18/h3-6H,2H2,1H3,(H,15,16)(H,17,18). The van der Waals surface area contributed by atoms with E-state index < -0.39 is 23.4 Å². The van der Waals surface area contributed by atoms with E-state index in [-0.39, 0.29) is 5.89 Å². The molecule has 0 atom stereocenters. The normalized spacial score (nSPS) is 10.4. The van der Waals surface area contributed by atoms with Crippen LogP contribution in [-0.4, -0.2) is 27.1 Å². The molecule has 0 aliphatic rings. The minimum absolute atomic E-state index is 0.0162. The van der Waals surface area contributed by atoms with Crippen molar-refractivity contribution >= 4 is 11.9 Å². The van der Waals surface area contributed by atoms with Crippen LogP contribution in [0.2, 0.25) is 0 Å². The van der Waals surface area contributed by atoms with Crippen molar-refractivity contribution in [3.63, 3.8) is 0 Å². The van der Waals surface area contributed by atoms with E-state index in [1.54, 1.807) is 12.1 Å². The highest BCUT2D eigenvalue weighted by Crippen LogP contribution is 2.22. The lowest BCUT2D eigenvalue weighted by atomic mass is 10.1. The summed E-state index contributed by atoms with van der Waals surface area (Å²) in [7, 11) is 0. The number of carboxylic acid groups (broad SMARTS) is 2. The van der Waals surface area contributed by atoms with Gasteiger partial charge in [-0.3, -0.25) is 0 Å². The highest BCUT2D eigenvalue weighted by molar-refractivity contribution is 5.98. The fourth-order valence-corrected chi connectivity index (χ4v) is 1.62. The molecule has 98 valence electrons. The lowest BCUT2D eigenvalue weighted by Gasteiger charge is -1.97. The van der Waals surface area contributed by atoms with Crippen LogP contribution in [0, 0.1) is 0 Å². The SMILES string of the molecule is CCc1ccc(-c2nc(C(=O)O)c(C(=O)O)o2)cc1. The third kappa shape index (κ3) is 2.47. The summed E-state index contributed by atoms with van der Waals surface area (Å²) >= 11 is 0. The molecule has 0 saturated heterocycles. The van der Waals surface area contributed by atoms with E-state index in [4.69, 9.17) is 14.6 Å². The van der Waals surface area contributed by atoms with E-state index in [2.05, 4.69) is 4.98 Å². The van der Waals surface area contributed by atoms with Crippen molar-refractivity contribution in [1.82, 2.24) is 4.98 Å². The molecular weight excluding hydrogens is 250 g/mol. The van der Waals surface area contributed by atoms with Gasteiger partial charge >= 0.3 is 11.9 Å². The van der Waals surface area contributed by atoms with E-state index in [0.717, 1.165) is 12.0 Å². The van der Waals surface area contributed by atoms with E-state index in [1.165, 1.54) is 0 Å². The van der Waals surface area contributed by atoms with Crippen LogP contribution in [-0.2, 0) is 6.42 Å². The molecule has 0 unspecified atom stereocenters. The van der Waals surface area contributed by atoms with Crippen molar-refractivity contribution in [2.75, 3.05) is 0 Å². The number of benzene rings is 1. The van der Waals surface area contributed by atoms with Gasteiger partial charge in [-0.25, -0.2) is 14.6 Å². The first-order valence-electron chi connectivity index (χ1n) is 5.59. The highest BCUT2D eigenvalue weighted by Gasteiger charge is 2.25. The van der Waals surface area contributed by atoms with Crippen LogP contribution >= 0.6 is 0 Å². The van der Waals surface area contributed by atoms with Gasteiger partial charge in [0.05, 0.1) is 0 Å². The molecule has 0 radical (unpaired) electrons. The molecule has 2 aromatic rings. The number of rotatable bonds is 4. The molecule has 0 amide bonds. The highest BCUT2D eigenvalue weighted by atomic mass is 16.4. The van der Waals surface area contributed by atoms with Crippen LogP contribution in [0.25, 0.3) is 11.5 Å². The fourth-order valence-electron chi connectivity index (χ4n) is 1.62. The van der Waals surface area contributed by atoms with E-state index in [1.807, 2.05) is 19.1 Å². The Morgan fingerprint density at radius 1 is 1.16 bits per heavy atom. The topological polar surface area (TPSA) is 101 Å². The molecule has 0 aliphatic heterocycles. The number of hydrogen-bond donors (Lipinski definition) is 2. The molecule has 2 rings (SSSR count). The van der Waals surface area contributed by atoms with Crippen LogP contribution in [0.3, 0.4) is 0 Å². The Bertz CT molecular complexity index is 595. The van der Waals surface area contributed by atoms with Gasteiger partial charge < -0.3 is 14.6 Å². The van der Waals surface area contributed by atoms with E-state index in [9.17, 15) is 9.59 Å². The quantitative estimate of drug-likeness (QED) is 0.875. The Balaban J connectivity index is 2.47. The summed E-state index contributed by atoms with van der Waals surface area (Å²) in [6.07, 6.45) is 0.868. The third-order valence-electron chi connectivity index (χ3n) is 2.63. The second kappa shape index (κ2) is 4.93. The van der Waals surface area contributed by atoms with Gasteiger partial charge in [0.15, 0.2) is 0 Å². The minimum Gasteiger partial charge on any atom is -0.476 e. The van der Waals surface area contributed by atoms with Crippen LogP contribution in [0.1, 0.15) is 33.5 Å². The number of oxazole rings is 1. The predicted octanol–water partition coefficient (Wildman–Crippen LogP) is 2.30. The molecule has 6 heteroatoms. The maximum absolute atomic E-state index is 10.9. The minimum atomic E-state index is -1.46. The van der Waals surface area contributed by atoms with Gasteiger partial charge in [0.1, 0.15) is 0 Å². The molecule has 0 saturated carbocycles. The van der Waals surface area contributed by atoms with E-state index >= 15 is 0 Å². The maximum Gasteiger partial charge on any atom is 0.374 e. The van der Waals surface area contributed by atoms with Crippen molar-refractivity contribution < 1.29 is 24.2 Å². The summed E-state index contributed by atoms with van der Waals surface area (Å²) in [5.41, 5.74) is 1.04. The zero-order chi connectivity index (χ0) is 14.0. The number of nitrogens with zero attached hydrogens (tertiary/aromatic N) is 1. The first-order chi connectivity index (χ1) is 9.02. The van der Waals surface area contributed by atoms with Crippen LogP contribution in [0.4, 0.5) is 0 Å². The largest absolute Gasteiger partial charge is 0.476 e. The summed E-state index contributed by atoms with van der Waals surface area (Å²) in [5.74, 6) is -3.57. The van der Waals surface area contributed by atoms with Crippen molar-refractivity contribution in [3.8, 4) is 11.5 Å². The second-order valence-electron chi connectivity index (χ2n) is 3.86. The number of aryl methyl sites for hydroxylation is 1. The van der Waals surface area contributed by atoms with Gasteiger partial charge in [-0.2, -0.15) is 0 Å². The lowest BCUT2D eigenvalue weighted by molar-refractivity contribution is 0.0624. The molecule has 1 aromatic carbocycles. The van der Waals surface area contributed by atoms with Gasteiger partial charge in [-0.1, -0.05) is 19.1 Å².